The van der Waals surface area contributed by atoms with E-state index in [2.05, 4.69) is 0 Å². The zero-order valence-electron chi connectivity index (χ0n) is 12.2. The van der Waals surface area contributed by atoms with Crippen LogP contribution in [0.5, 0.6) is 0 Å². The molecule has 0 bridgehead atoms. The smallest absolute Gasteiger partial charge is 0.253 e. The van der Waals surface area contributed by atoms with E-state index in [-0.39, 0.29) is 11.8 Å². The highest BCUT2D eigenvalue weighted by Gasteiger charge is 2.35. The van der Waals surface area contributed by atoms with Crippen molar-refractivity contribution in [1.82, 2.24) is 9.80 Å². The van der Waals surface area contributed by atoms with Gasteiger partial charge in [-0.15, -0.1) is 0 Å². The highest BCUT2D eigenvalue weighted by molar-refractivity contribution is 6.05. The van der Waals surface area contributed by atoms with Crippen molar-refractivity contribution in [3.8, 4) is 0 Å². The van der Waals surface area contributed by atoms with Gasteiger partial charge in [0.05, 0.1) is 12.1 Å². The van der Waals surface area contributed by atoms with E-state index < -0.39 is 0 Å². The maximum Gasteiger partial charge on any atom is 0.253 e. The Morgan fingerprint density at radius 3 is 2.50 bits per heavy atom. The van der Waals surface area contributed by atoms with Gasteiger partial charge in [-0.2, -0.15) is 0 Å². The van der Waals surface area contributed by atoms with Crippen LogP contribution in [0.4, 0.5) is 5.69 Å². The van der Waals surface area contributed by atoms with Gasteiger partial charge in [0.2, 0.25) is 12.3 Å². The fourth-order valence-electron chi connectivity index (χ4n) is 3.62. The lowest BCUT2D eigenvalue weighted by atomic mass is 10.0. The van der Waals surface area contributed by atoms with E-state index in [0.29, 0.717) is 38.2 Å². The van der Waals surface area contributed by atoms with Gasteiger partial charge in [-0.25, -0.2) is 0 Å². The Morgan fingerprint density at radius 2 is 1.77 bits per heavy atom. The van der Waals surface area contributed by atoms with Crippen LogP contribution in [0.15, 0.2) is 12.1 Å². The minimum Gasteiger partial charge on any atom is -0.342 e. The summed E-state index contributed by atoms with van der Waals surface area (Å²) in [5.74, 6) is 0.139. The Balaban J connectivity index is 1.60. The Hall–Kier alpha value is -2.37. The Bertz CT molecular complexity index is 677. The molecule has 4 rings (SSSR count). The molecule has 0 radical (unpaired) electrons. The number of carbonyl (C=O) groups is 3. The van der Waals surface area contributed by atoms with Gasteiger partial charge in [-0.3, -0.25) is 14.4 Å². The molecule has 6 nitrogen and oxygen atoms in total. The summed E-state index contributed by atoms with van der Waals surface area (Å²) in [5.41, 5.74) is 3.80. The highest BCUT2D eigenvalue weighted by Crippen LogP contribution is 2.38. The predicted molar refractivity (Wildman–Crippen MR) is 79.7 cm³/mol. The van der Waals surface area contributed by atoms with Gasteiger partial charge in [-0.05, 0) is 29.7 Å². The summed E-state index contributed by atoms with van der Waals surface area (Å²) in [5, 5.41) is 0. The maximum atomic E-state index is 12.7. The van der Waals surface area contributed by atoms with E-state index in [1.165, 1.54) is 0 Å². The third kappa shape index (κ3) is 1.90. The molecule has 6 heteroatoms. The van der Waals surface area contributed by atoms with E-state index in [0.717, 1.165) is 36.2 Å². The summed E-state index contributed by atoms with van der Waals surface area (Å²) in [6.07, 6.45) is 2.06. The number of piperazine rings is 1. The van der Waals surface area contributed by atoms with E-state index in [1.54, 1.807) is 9.80 Å². The van der Waals surface area contributed by atoms with E-state index >= 15 is 0 Å². The number of anilines is 1. The molecule has 0 aliphatic carbocycles. The predicted octanol–water partition coefficient (Wildman–Crippen LogP) is 0.0460. The number of nitrogens with zero attached hydrogens (tertiary/aromatic N) is 3. The van der Waals surface area contributed by atoms with Crippen molar-refractivity contribution < 1.29 is 14.4 Å². The molecular weight excluding hydrogens is 282 g/mol. The lowest BCUT2D eigenvalue weighted by molar-refractivity contribution is -0.119. The van der Waals surface area contributed by atoms with Gasteiger partial charge in [0.1, 0.15) is 0 Å². The quantitative estimate of drug-likeness (QED) is 0.725. The molecule has 1 aromatic rings. The van der Waals surface area contributed by atoms with Gasteiger partial charge in [0, 0.05) is 38.3 Å². The van der Waals surface area contributed by atoms with Crippen LogP contribution >= 0.6 is 0 Å². The van der Waals surface area contributed by atoms with Gasteiger partial charge >= 0.3 is 0 Å². The first kappa shape index (κ1) is 13.3. The molecule has 0 unspecified atom stereocenters. The monoisotopic (exact) mass is 299 g/mol. The zero-order chi connectivity index (χ0) is 15.3. The lowest BCUT2D eigenvalue weighted by Crippen LogP contribution is -2.48. The van der Waals surface area contributed by atoms with Crippen molar-refractivity contribution in [2.75, 3.05) is 37.6 Å². The second kappa shape index (κ2) is 4.83. The molecule has 114 valence electrons. The summed E-state index contributed by atoms with van der Waals surface area (Å²) < 4.78 is 0. The third-order valence-electron chi connectivity index (χ3n) is 4.78. The molecule has 3 amide bonds. The van der Waals surface area contributed by atoms with Crippen LogP contribution < -0.4 is 4.90 Å². The van der Waals surface area contributed by atoms with Crippen LogP contribution in [-0.4, -0.2) is 60.7 Å². The minimum atomic E-state index is 0.00222. The Kier molecular flexibility index (Phi) is 2.92. The van der Waals surface area contributed by atoms with Crippen molar-refractivity contribution in [1.29, 1.82) is 0 Å². The second-order valence-electron chi connectivity index (χ2n) is 6.05. The first-order valence-corrected chi connectivity index (χ1v) is 7.62. The molecule has 1 fully saturated rings. The first-order valence-electron chi connectivity index (χ1n) is 7.62. The van der Waals surface area contributed by atoms with Crippen molar-refractivity contribution in [2.24, 2.45) is 0 Å². The summed E-state index contributed by atoms with van der Waals surface area (Å²) in [7, 11) is 0. The fourth-order valence-corrected chi connectivity index (χ4v) is 3.62. The molecular formula is C16H17N3O3. The molecule has 3 heterocycles. The maximum absolute atomic E-state index is 12.7. The first-order chi connectivity index (χ1) is 10.7. The molecule has 3 aliphatic rings. The third-order valence-corrected chi connectivity index (χ3v) is 4.78. The van der Waals surface area contributed by atoms with E-state index in [1.807, 2.05) is 17.0 Å². The largest absolute Gasteiger partial charge is 0.342 e. The molecule has 0 saturated carbocycles. The SMILES string of the molecule is O=CN1CCN(C(=O)c2cc3c4c(c2)CC(=O)N4CC3)CC1. The summed E-state index contributed by atoms with van der Waals surface area (Å²) >= 11 is 0. The molecule has 0 atom stereocenters. The minimum absolute atomic E-state index is 0.00222. The molecule has 1 saturated heterocycles. The molecule has 0 spiro atoms. The topological polar surface area (TPSA) is 60.9 Å². The molecule has 1 aromatic carbocycles. The van der Waals surface area contributed by atoms with Gasteiger partial charge in [0.15, 0.2) is 0 Å². The molecule has 3 aliphatic heterocycles. The van der Waals surface area contributed by atoms with Crippen LogP contribution in [0.3, 0.4) is 0 Å². The average molecular weight is 299 g/mol. The van der Waals surface area contributed by atoms with E-state index in [9.17, 15) is 14.4 Å². The molecule has 0 N–H and O–H groups in total. The fraction of sp³-hybridized carbons (Fsp3) is 0.438. The Morgan fingerprint density at radius 1 is 1.05 bits per heavy atom. The standard InChI is InChI=1S/C16H17N3O3/c20-10-17-3-5-18(6-4-17)16(22)13-7-11-1-2-19-14(21)9-12(8-13)15(11)19/h7-8,10H,1-6,9H2. The van der Waals surface area contributed by atoms with E-state index in [4.69, 9.17) is 0 Å². The zero-order valence-corrected chi connectivity index (χ0v) is 12.2. The number of rotatable bonds is 2. The summed E-state index contributed by atoms with van der Waals surface area (Å²) in [4.78, 5) is 40.7. The lowest BCUT2D eigenvalue weighted by Gasteiger charge is -2.32. The van der Waals surface area contributed by atoms with Crippen LogP contribution in [-0.2, 0) is 22.4 Å². The van der Waals surface area contributed by atoms with Gasteiger partial charge < -0.3 is 14.7 Å². The van der Waals surface area contributed by atoms with Crippen molar-refractivity contribution in [3.05, 3.63) is 28.8 Å². The Labute approximate surface area is 128 Å². The van der Waals surface area contributed by atoms with Crippen molar-refractivity contribution in [2.45, 2.75) is 12.8 Å². The van der Waals surface area contributed by atoms with Gasteiger partial charge in [-0.1, -0.05) is 0 Å². The molecule has 22 heavy (non-hydrogen) atoms. The highest BCUT2D eigenvalue weighted by atomic mass is 16.2. The van der Waals surface area contributed by atoms with Crippen LogP contribution in [0.2, 0.25) is 0 Å². The normalized spacial score (nSPS) is 19.6. The van der Waals surface area contributed by atoms with Crippen LogP contribution in [0.25, 0.3) is 0 Å². The van der Waals surface area contributed by atoms with Crippen LogP contribution in [0, 0.1) is 0 Å². The summed E-state index contributed by atoms with van der Waals surface area (Å²) in [6.45, 7) is 3.03. The van der Waals surface area contributed by atoms with Crippen molar-refractivity contribution >= 4 is 23.9 Å². The number of hydrogen-bond acceptors (Lipinski definition) is 3. The number of carbonyl (C=O) groups excluding carboxylic acids is 3. The second-order valence-corrected chi connectivity index (χ2v) is 6.05. The number of benzene rings is 1. The van der Waals surface area contributed by atoms with Gasteiger partial charge in [0.25, 0.3) is 5.91 Å². The average Bonchev–Trinajstić information content (AvgIpc) is 3.11. The number of amides is 3. The summed E-state index contributed by atoms with van der Waals surface area (Å²) in [6, 6.07) is 3.81. The van der Waals surface area contributed by atoms with Crippen LogP contribution in [0.1, 0.15) is 21.5 Å². The number of hydrogen-bond donors (Lipinski definition) is 0. The molecule has 0 aromatic heterocycles. The van der Waals surface area contributed by atoms with Crippen molar-refractivity contribution in [3.63, 3.8) is 0 Å².